The van der Waals surface area contributed by atoms with Crippen LogP contribution in [0.25, 0.3) is 0 Å². The Labute approximate surface area is 91.3 Å². The Hall–Kier alpha value is -1.62. The number of H-pyrrole nitrogens is 1. The highest BCUT2D eigenvalue weighted by Gasteiger charge is 2.07. The van der Waals surface area contributed by atoms with Crippen molar-refractivity contribution in [2.45, 2.75) is 13.3 Å². The molecule has 2 N–H and O–H groups in total. The lowest BCUT2D eigenvalue weighted by Crippen LogP contribution is -2.10. The lowest BCUT2D eigenvalue weighted by molar-refractivity contribution is 0.102. The number of thiophene rings is 1. The van der Waals surface area contributed by atoms with E-state index in [2.05, 4.69) is 15.5 Å². The third kappa shape index (κ3) is 2.24. The smallest absolute Gasteiger partial charge is 0.257 e. The second-order valence-corrected chi connectivity index (χ2v) is 3.88. The Morgan fingerprint density at radius 2 is 2.53 bits per heavy atom. The molecule has 0 aliphatic heterocycles. The molecule has 0 atom stereocenters. The Bertz CT molecular complexity index is 447. The van der Waals surface area contributed by atoms with E-state index in [0.717, 1.165) is 12.1 Å². The highest BCUT2D eigenvalue weighted by Crippen LogP contribution is 2.10. The van der Waals surface area contributed by atoms with Crippen molar-refractivity contribution >= 4 is 23.1 Å². The van der Waals surface area contributed by atoms with Crippen molar-refractivity contribution in [3.8, 4) is 0 Å². The largest absolute Gasteiger partial charge is 0.305 e. The third-order valence-corrected chi connectivity index (χ3v) is 2.72. The maximum atomic E-state index is 11.6. The molecule has 2 rings (SSSR count). The van der Waals surface area contributed by atoms with Crippen LogP contribution in [-0.4, -0.2) is 16.1 Å². The van der Waals surface area contributed by atoms with Gasteiger partial charge >= 0.3 is 0 Å². The summed E-state index contributed by atoms with van der Waals surface area (Å²) in [6, 6.07) is 3.62. The number of rotatable bonds is 3. The number of carbonyl (C=O) groups excluding carboxylic acids is 1. The number of aromatic nitrogens is 2. The van der Waals surface area contributed by atoms with Crippen LogP contribution in [0.5, 0.6) is 0 Å². The Morgan fingerprint density at radius 3 is 3.13 bits per heavy atom. The first-order valence-electron chi connectivity index (χ1n) is 4.67. The van der Waals surface area contributed by atoms with E-state index in [-0.39, 0.29) is 5.91 Å². The van der Waals surface area contributed by atoms with Crippen LogP contribution in [0.1, 0.15) is 23.0 Å². The minimum atomic E-state index is -0.120. The summed E-state index contributed by atoms with van der Waals surface area (Å²) in [5.74, 6) is 0.452. The van der Waals surface area contributed by atoms with Crippen molar-refractivity contribution in [3.63, 3.8) is 0 Å². The molecular formula is C10H11N3OS. The zero-order valence-corrected chi connectivity index (χ0v) is 9.10. The van der Waals surface area contributed by atoms with Crippen molar-refractivity contribution in [3.05, 3.63) is 34.2 Å². The van der Waals surface area contributed by atoms with E-state index >= 15 is 0 Å². The highest BCUT2D eigenvalue weighted by atomic mass is 32.1. The fourth-order valence-corrected chi connectivity index (χ4v) is 1.82. The number of amides is 1. The highest BCUT2D eigenvalue weighted by molar-refractivity contribution is 7.08. The van der Waals surface area contributed by atoms with Gasteiger partial charge < -0.3 is 5.32 Å². The van der Waals surface area contributed by atoms with E-state index in [9.17, 15) is 4.79 Å². The first-order chi connectivity index (χ1) is 7.29. The summed E-state index contributed by atoms with van der Waals surface area (Å²) in [4.78, 5) is 11.6. The summed E-state index contributed by atoms with van der Waals surface area (Å²) in [5, 5.41) is 13.2. The van der Waals surface area contributed by atoms with Gasteiger partial charge in [-0.05, 0) is 17.9 Å². The van der Waals surface area contributed by atoms with E-state index in [1.54, 1.807) is 6.07 Å². The summed E-state index contributed by atoms with van der Waals surface area (Å²) in [6.07, 6.45) is 0.876. The second kappa shape index (κ2) is 4.27. The number of nitrogens with one attached hydrogen (secondary N) is 2. The minimum Gasteiger partial charge on any atom is -0.305 e. The Morgan fingerprint density at radius 1 is 1.67 bits per heavy atom. The number of nitrogens with zero attached hydrogens (tertiary/aromatic N) is 1. The maximum Gasteiger partial charge on any atom is 0.257 e. The molecule has 1 amide bonds. The molecule has 2 aromatic heterocycles. The molecule has 0 aliphatic rings. The molecule has 15 heavy (non-hydrogen) atoms. The molecule has 0 unspecified atom stereocenters. The summed E-state index contributed by atoms with van der Waals surface area (Å²) >= 11 is 1.50. The number of aryl methyl sites for hydroxylation is 1. The van der Waals surface area contributed by atoms with Gasteiger partial charge in [-0.25, -0.2) is 0 Å². The zero-order valence-electron chi connectivity index (χ0n) is 8.28. The van der Waals surface area contributed by atoms with Gasteiger partial charge in [-0.2, -0.15) is 16.4 Å². The van der Waals surface area contributed by atoms with Gasteiger partial charge in [0, 0.05) is 17.1 Å². The molecule has 0 aromatic carbocycles. The molecule has 78 valence electrons. The van der Waals surface area contributed by atoms with Crippen LogP contribution in [0.3, 0.4) is 0 Å². The van der Waals surface area contributed by atoms with Gasteiger partial charge in [0.2, 0.25) is 0 Å². The maximum absolute atomic E-state index is 11.6. The average molecular weight is 221 g/mol. The van der Waals surface area contributed by atoms with E-state index < -0.39 is 0 Å². The molecule has 0 saturated carbocycles. The summed E-state index contributed by atoms with van der Waals surface area (Å²) in [7, 11) is 0. The van der Waals surface area contributed by atoms with Crippen molar-refractivity contribution in [2.75, 3.05) is 5.32 Å². The van der Waals surface area contributed by atoms with Crippen LogP contribution in [0, 0.1) is 0 Å². The molecule has 0 saturated heterocycles. The predicted molar refractivity (Wildman–Crippen MR) is 60.2 cm³/mol. The number of carbonyl (C=O) groups is 1. The third-order valence-electron chi connectivity index (χ3n) is 2.04. The summed E-state index contributed by atoms with van der Waals surface area (Å²) < 4.78 is 0. The average Bonchev–Trinajstić information content (AvgIpc) is 2.87. The molecule has 0 aliphatic carbocycles. The monoisotopic (exact) mass is 221 g/mol. The van der Waals surface area contributed by atoms with Gasteiger partial charge in [0.25, 0.3) is 5.91 Å². The molecule has 0 radical (unpaired) electrons. The SMILES string of the molecule is CCc1cc(NC(=O)c2ccsc2)n[nH]1. The van der Waals surface area contributed by atoms with Crippen LogP contribution < -0.4 is 5.32 Å². The summed E-state index contributed by atoms with van der Waals surface area (Å²) in [6.45, 7) is 2.03. The first-order valence-corrected chi connectivity index (χ1v) is 5.61. The minimum absolute atomic E-state index is 0.120. The topological polar surface area (TPSA) is 57.8 Å². The molecule has 2 heterocycles. The summed E-state index contributed by atoms with van der Waals surface area (Å²) in [5.41, 5.74) is 1.68. The zero-order chi connectivity index (χ0) is 10.7. The molecule has 0 bridgehead atoms. The van der Waals surface area contributed by atoms with Gasteiger partial charge in [0.05, 0.1) is 5.56 Å². The molecule has 2 aromatic rings. The van der Waals surface area contributed by atoms with Gasteiger partial charge in [-0.3, -0.25) is 9.89 Å². The number of aromatic amines is 1. The molecule has 4 nitrogen and oxygen atoms in total. The van der Waals surface area contributed by atoms with Crippen LogP contribution in [0.2, 0.25) is 0 Å². The first kappa shape index (κ1) is 9.92. The van der Waals surface area contributed by atoms with Crippen LogP contribution in [-0.2, 0) is 6.42 Å². The molecule has 5 heteroatoms. The van der Waals surface area contributed by atoms with Crippen molar-refractivity contribution in [1.29, 1.82) is 0 Å². The molecule has 0 fully saturated rings. The lowest BCUT2D eigenvalue weighted by atomic mass is 10.3. The number of anilines is 1. The Balaban J connectivity index is 2.06. The van der Waals surface area contributed by atoms with Gasteiger partial charge in [0.15, 0.2) is 5.82 Å². The number of hydrogen-bond donors (Lipinski definition) is 2. The van der Waals surface area contributed by atoms with Gasteiger partial charge in [-0.15, -0.1) is 0 Å². The molecule has 0 spiro atoms. The van der Waals surface area contributed by atoms with Crippen molar-refractivity contribution < 1.29 is 4.79 Å². The second-order valence-electron chi connectivity index (χ2n) is 3.10. The van der Waals surface area contributed by atoms with E-state index in [1.165, 1.54) is 11.3 Å². The van der Waals surface area contributed by atoms with Crippen molar-refractivity contribution in [1.82, 2.24) is 10.2 Å². The lowest BCUT2D eigenvalue weighted by Gasteiger charge is -1.97. The standard InChI is InChI=1S/C10H11N3OS/c1-2-8-5-9(13-12-8)11-10(14)7-3-4-15-6-7/h3-6H,2H2,1H3,(H2,11,12,13,14). The van der Waals surface area contributed by atoms with E-state index in [1.807, 2.05) is 23.8 Å². The quantitative estimate of drug-likeness (QED) is 0.835. The van der Waals surface area contributed by atoms with Crippen LogP contribution in [0.4, 0.5) is 5.82 Å². The van der Waals surface area contributed by atoms with E-state index in [0.29, 0.717) is 11.4 Å². The van der Waals surface area contributed by atoms with E-state index in [4.69, 9.17) is 0 Å². The normalized spacial score (nSPS) is 10.2. The van der Waals surface area contributed by atoms with Gasteiger partial charge in [-0.1, -0.05) is 6.92 Å². The molecular weight excluding hydrogens is 210 g/mol. The fourth-order valence-electron chi connectivity index (χ4n) is 1.19. The van der Waals surface area contributed by atoms with Gasteiger partial charge in [0.1, 0.15) is 0 Å². The van der Waals surface area contributed by atoms with Crippen molar-refractivity contribution in [2.24, 2.45) is 0 Å². The Kier molecular flexibility index (Phi) is 2.82. The predicted octanol–water partition coefficient (Wildman–Crippen LogP) is 2.29. The van der Waals surface area contributed by atoms with Crippen LogP contribution in [0.15, 0.2) is 22.9 Å². The fraction of sp³-hybridized carbons (Fsp3) is 0.200. The van der Waals surface area contributed by atoms with Crippen LogP contribution >= 0.6 is 11.3 Å². The number of hydrogen-bond acceptors (Lipinski definition) is 3.